The summed E-state index contributed by atoms with van der Waals surface area (Å²) in [6.45, 7) is 3.31. The third-order valence-corrected chi connectivity index (χ3v) is 4.15. The lowest BCUT2D eigenvalue weighted by Gasteiger charge is -2.33. The van der Waals surface area contributed by atoms with Crippen molar-refractivity contribution in [3.63, 3.8) is 0 Å². The number of hydrogen-bond donors (Lipinski definition) is 1. The molecule has 0 aromatic heterocycles. The number of carbonyl (C=O) groups is 1. The fourth-order valence-electron chi connectivity index (χ4n) is 2.84. The molecule has 1 unspecified atom stereocenters. The van der Waals surface area contributed by atoms with E-state index in [1.165, 1.54) is 12.1 Å². The predicted molar refractivity (Wildman–Crippen MR) is 84.4 cm³/mol. The van der Waals surface area contributed by atoms with E-state index in [9.17, 15) is 9.18 Å². The first-order valence-electron chi connectivity index (χ1n) is 7.58. The molecular formula is C16H22ClFN2O2. The Morgan fingerprint density at radius 2 is 2.23 bits per heavy atom. The second-order valence-electron chi connectivity index (χ2n) is 5.84. The Morgan fingerprint density at radius 3 is 2.82 bits per heavy atom. The molecule has 1 aromatic carbocycles. The first kappa shape index (κ1) is 17.2. The fraction of sp³-hybridized carbons (Fsp3) is 0.562. The Kier molecular flexibility index (Phi) is 6.17. The molecule has 1 atom stereocenters. The van der Waals surface area contributed by atoms with Gasteiger partial charge in [0.25, 0.3) is 0 Å². The van der Waals surface area contributed by atoms with Crippen molar-refractivity contribution < 1.29 is 13.9 Å². The van der Waals surface area contributed by atoms with E-state index in [4.69, 9.17) is 4.74 Å². The molecule has 22 heavy (non-hydrogen) atoms. The van der Waals surface area contributed by atoms with Gasteiger partial charge in [-0.1, -0.05) is 12.1 Å². The molecule has 2 aliphatic rings. The van der Waals surface area contributed by atoms with Crippen molar-refractivity contribution in [1.29, 1.82) is 0 Å². The number of hydrogen-bond acceptors (Lipinski definition) is 3. The van der Waals surface area contributed by atoms with Crippen molar-refractivity contribution in [2.24, 2.45) is 5.92 Å². The van der Waals surface area contributed by atoms with Gasteiger partial charge >= 0.3 is 0 Å². The number of nitrogens with one attached hydrogen (secondary N) is 1. The molecule has 1 N–H and O–H groups in total. The molecule has 6 heteroatoms. The second-order valence-corrected chi connectivity index (χ2v) is 5.84. The average molecular weight is 329 g/mol. The third kappa shape index (κ3) is 4.18. The molecule has 0 spiro atoms. The Hall–Kier alpha value is -1.17. The maximum absolute atomic E-state index is 13.3. The van der Waals surface area contributed by atoms with E-state index >= 15 is 0 Å². The lowest BCUT2D eigenvalue weighted by atomic mass is 10.0. The van der Waals surface area contributed by atoms with Crippen LogP contribution in [0.25, 0.3) is 0 Å². The van der Waals surface area contributed by atoms with Crippen molar-refractivity contribution in [3.05, 3.63) is 35.6 Å². The van der Waals surface area contributed by atoms with Crippen LogP contribution >= 0.6 is 12.4 Å². The van der Waals surface area contributed by atoms with E-state index in [0.717, 1.165) is 38.1 Å². The zero-order chi connectivity index (χ0) is 14.7. The largest absolute Gasteiger partial charge is 0.376 e. The van der Waals surface area contributed by atoms with Crippen molar-refractivity contribution in [1.82, 2.24) is 10.2 Å². The highest BCUT2D eigenvalue weighted by Crippen LogP contribution is 2.18. The minimum Gasteiger partial charge on any atom is -0.376 e. The average Bonchev–Trinajstić information content (AvgIpc) is 2.89. The van der Waals surface area contributed by atoms with Crippen LogP contribution in [0.3, 0.4) is 0 Å². The molecule has 0 bridgehead atoms. The second kappa shape index (κ2) is 7.90. The SMILES string of the molecule is Cl.O=C(C1CNC1)N(Cc1cccc(F)c1)CC1CCCO1. The number of halogens is 2. The van der Waals surface area contributed by atoms with Gasteiger partial charge in [-0.3, -0.25) is 4.79 Å². The van der Waals surface area contributed by atoms with Gasteiger partial charge in [-0.2, -0.15) is 0 Å². The van der Waals surface area contributed by atoms with E-state index in [1.807, 2.05) is 11.0 Å². The molecular weight excluding hydrogens is 307 g/mol. The number of ether oxygens (including phenoxy) is 1. The Bertz CT molecular complexity index is 505. The van der Waals surface area contributed by atoms with E-state index < -0.39 is 0 Å². The summed E-state index contributed by atoms with van der Waals surface area (Å²) in [5, 5.41) is 3.12. The lowest BCUT2D eigenvalue weighted by molar-refractivity contribution is -0.139. The maximum atomic E-state index is 13.3. The van der Waals surface area contributed by atoms with Crippen LogP contribution in [0.1, 0.15) is 18.4 Å². The van der Waals surface area contributed by atoms with Gasteiger partial charge in [0.05, 0.1) is 12.0 Å². The van der Waals surface area contributed by atoms with Crippen LogP contribution in [0.5, 0.6) is 0 Å². The van der Waals surface area contributed by atoms with Gasteiger partial charge in [-0.15, -0.1) is 12.4 Å². The fourth-order valence-corrected chi connectivity index (χ4v) is 2.84. The molecule has 122 valence electrons. The monoisotopic (exact) mass is 328 g/mol. The lowest BCUT2D eigenvalue weighted by Crippen LogP contribution is -2.53. The molecule has 0 saturated carbocycles. The van der Waals surface area contributed by atoms with Crippen LogP contribution < -0.4 is 5.32 Å². The first-order valence-corrected chi connectivity index (χ1v) is 7.58. The topological polar surface area (TPSA) is 41.6 Å². The van der Waals surface area contributed by atoms with Crippen LogP contribution in [-0.2, 0) is 16.1 Å². The summed E-state index contributed by atoms with van der Waals surface area (Å²) in [6, 6.07) is 6.46. The van der Waals surface area contributed by atoms with E-state index in [1.54, 1.807) is 6.07 Å². The van der Waals surface area contributed by atoms with Crippen LogP contribution in [-0.4, -0.2) is 43.2 Å². The van der Waals surface area contributed by atoms with Gasteiger partial charge < -0.3 is 15.0 Å². The van der Waals surface area contributed by atoms with Gasteiger partial charge in [-0.05, 0) is 30.5 Å². The zero-order valence-electron chi connectivity index (χ0n) is 12.5. The van der Waals surface area contributed by atoms with E-state index in [2.05, 4.69) is 5.32 Å². The Morgan fingerprint density at radius 1 is 1.41 bits per heavy atom. The van der Waals surface area contributed by atoms with Crippen molar-refractivity contribution in [2.45, 2.75) is 25.5 Å². The number of carbonyl (C=O) groups excluding carboxylic acids is 1. The standard InChI is InChI=1S/C16H21FN2O2.ClH/c17-14-4-1-3-12(7-14)10-19(11-15-5-2-6-21-15)16(20)13-8-18-9-13;/h1,3-4,7,13,15,18H,2,5-6,8-11H2;1H. The number of rotatable bonds is 5. The highest BCUT2D eigenvalue weighted by atomic mass is 35.5. The first-order chi connectivity index (χ1) is 10.2. The van der Waals surface area contributed by atoms with Gasteiger partial charge in [-0.25, -0.2) is 4.39 Å². The smallest absolute Gasteiger partial charge is 0.228 e. The molecule has 4 nitrogen and oxygen atoms in total. The Balaban J connectivity index is 0.00000176. The summed E-state index contributed by atoms with van der Waals surface area (Å²) >= 11 is 0. The molecule has 2 saturated heterocycles. The van der Waals surface area contributed by atoms with Crippen LogP contribution in [0.15, 0.2) is 24.3 Å². The predicted octanol–water partition coefficient (Wildman–Crippen LogP) is 1.97. The highest BCUT2D eigenvalue weighted by molar-refractivity contribution is 5.85. The molecule has 3 rings (SSSR count). The van der Waals surface area contributed by atoms with Crippen molar-refractivity contribution in [3.8, 4) is 0 Å². The molecule has 1 amide bonds. The summed E-state index contributed by atoms with van der Waals surface area (Å²) in [5.74, 6) is -0.0594. The molecule has 1 aromatic rings. The molecule has 2 aliphatic heterocycles. The summed E-state index contributed by atoms with van der Waals surface area (Å²) < 4.78 is 19.0. The summed E-state index contributed by atoms with van der Waals surface area (Å²) in [7, 11) is 0. The van der Waals surface area contributed by atoms with E-state index in [0.29, 0.717) is 13.1 Å². The highest BCUT2D eigenvalue weighted by Gasteiger charge is 2.31. The number of benzene rings is 1. The maximum Gasteiger partial charge on any atom is 0.228 e. The van der Waals surface area contributed by atoms with E-state index in [-0.39, 0.29) is 36.2 Å². The summed E-state index contributed by atoms with van der Waals surface area (Å²) in [6.07, 6.45) is 2.17. The van der Waals surface area contributed by atoms with Gasteiger partial charge in [0, 0.05) is 32.8 Å². The quantitative estimate of drug-likeness (QED) is 0.898. The molecule has 2 fully saturated rings. The van der Waals surface area contributed by atoms with Crippen LogP contribution in [0, 0.1) is 11.7 Å². The number of nitrogens with zero attached hydrogens (tertiary/aromatic N) is 1. The normalized spacial score (nSPS) is 21.0. The Labute approximate surface area is 136 Å². The van der Waals surface area contributed by atoms with Gasteiger partial charge in [0.1, 0.15) is 5.82 Å². The number of amides is 1. The van der Waals surface area contributed by atoms with Crippen molar-refractivity contribution in [2.75, 3.05) is 26.2 Å². The third-order valence-electron chi connectivity index (χ3n) is 4.15. The summed E-state index contributed by atoms with van der Waals surface area (Å²) in [5.41, 5.74) is 0.827. The summed E-state index contributed by atoms with van der Waals surface area (Å²) in [4.78, 5) is 14.4. The molecule has 0 radical (unpaired) electrons. The molecule has 0 aliphatic carbocycles. The minimum atomic E-state index is -0.262. The van der Waals surface area contributed by atoms with Crippen LogP contribution in [0.4, 0.5) is 4.39 Å². The van der Waals surface area contributed by atoms with Crippen molar-refractivity contribution >= 4 is 18.3 Å². The minimum absolute atomic E-state index is 0. The molecule has 2 heterocycles. The van der Waals surface area contributed by atoms with Gasteiger partial charge in [0.2, 0.25) is 5.91 Å². The van der Waals surface area contributed by atoms with Crippen LogP contribution in [0.2, 0.25) is 0 Å². The zero-order valence-corrected chi connectivity index (χ0v) is 13.3. The van der Waals surface area contributed by atoms with Gasteiger partial charge in [0.15, 0.2) is 0 Å².